The van der Waals surface area contributed by atoms with Gasteiger partial charge in [0.2, 0.25) is 0 Å². The molecule has 0 aliphatic rings. The molecule has 0 atom stereocenters. The van der Waals surface area contributed by atoms with Gasteiger partial charge in [-0.15, -0.1) is 0 Å². The van der Waals surface area contributed by atoms with Crippen molar-refractivity contribution in [2.75, 3.05) is 0 Å². The fourth-order valence-electron chi connectivity index (χ4n) is 3.20. The number of aldehydes is 1. The van der Waals surface area contributed by atoms with Gasteiger partial charge >= 0.3 is 6.18 Å². The van der Waals surface area contributed by atoms with Crippen LogP contribution in [-0.2, 0) is 12.8 Å². The second-order valence-corrected chi connectivity index (χ2v) is 7.87. The van der Waals surface area contributed by atoms with E-state index in [2.05, 4.69) is 5.10 Å². The Morgan fingerprint density at radius 3 is 2.03 bits per heavy atom. The Labute approximate surface area is 197 Å². The molecule has 4 nitrogen and oxygen atoms in total. The summed E-state index contributed by atoms with van der Waals surface area (Å²) in [6.07, 6.45) is -3.87. The number of rotatable bonds is 6. The molecule has 0 amide bonds. The lowest BCUT2D eigenvalue weighted by molar-refractivity contribution is -0.141. The van der Waals surface area contributed by atoms with Crippen LogP contribution in [-0.4, -0.2) is 16.1 Å². The summed E-state index contributed by atoms with van der Waals surface area (Å²) in [5.41, 5.74) is 1.58. The number of halogens is 5. The highest BCUT2D eigenvalue weighted by molar-refractivity contribution is 6.37. The molecule has 1 heterocycles. The molecule has 4 aromatic rings. The minimum atomic E-state index is -4.64. The van der Waals surface area contributed by atoms with Crippen molar-refractivity contribution in [2.45, 2.75) is 12.8 Å². The first-order valence-electron chi connectivity index (χ1n) is 9.65. The van der Waals surface area contributed by atoms with Crippen molar-refractivity contribution >= 4 is 29.5 Å². The van der Waals surface area contributed by atoms with Gasteiger partial charge < -0.3 is 4.74 Å². The van der Waals surface area contributed by atoms with Crippen LogP contribution in [0.4, 0.5) is 13.2 Å². The molecule has 9 heteroatoms. The summed E-state index contributed by atoms with van der Waals surface area (Å²) in [4.78, 5) is 10.8. The van der Waals surface area contributed by atoms with Crippen molar-refractivity contribution in [1.29, 1.82) is 0 Å². The summed E-state index contributed by atoms with van der Waals surface area (Å²) >= 11 is 12.4. The van der Waals surface area contributed by atoms with Crippen LogP contribution in [0.2, 0.25) is 10.0 Å². The van der Waals surface area contributed by atoms with E-state index in [-0.39, 0.29) is 28.0 Å². The van der Waals surface area contributed by atoms with Gasteiger partial charge in [-0.25, -0.2) is 4.68 Å². The third-order valence-corrected chi connectivity index (χ3v) is 5.45. The van der Waals surface area contributed by atoms with Crippen LogP contribution in [0, 0.1) is 0 Å². The third-order valence-electron chi connectivity index (χ3n) is 4.84. The molecular weight excluding hydrogens is 476 g/mol. The molecule has 0 unspecified atom stereocenters. The molecule has 4 rings (SSSR count). The summed E-state index contributed by atoms with van der Waals surface area (Å²) in [6.45, 7) is -0.196. The second kappa shape index (κ2) is 9.29. The van der Waals surface area contributed by atoms with Gasteiger partial charge in [0.05, 0.1) is 15.7 Å². The van der Waals surface area contributed by atoms with Gasteiger partial charge in [-0.05, 0) is 41.5 Å². The Morgan fingerprint density at radius 2 is 1.48 bits per heavy atom. The maximum Gasteiger partial charge on any atom is 0.435 e. The Balaban J connectivity index is 1.59. The highest BCUT2D eigenvalue weighted by Crippen LogP contribution is 2.34. The summed E-state index contributed by atoms with van der Waals surface area (Å²) in [6, 6.07) is 19.6. The van der Waals surface area contributed by atoms with Gasteiger partial charge in [-0.3, -0.25) is 4.79 Å². The number of para-hydroxylation sites is 1. The molecule has 1 aromatic heterocycles. The van der Waals surface area contributed by atoms with Crippen LogP contribution in [0.1, 0.15) is 21.7 Å². The van der Waals surface area contributed by atoms with E-state index in [1.165, 1.54) is 12.1 Å². The van der Waals surface area contributed by atoms with Crippen LogP contribution < -0.4 is 4.74 Å². The number of alkyl halides is 3. The molecule has 0 saturated carbocycles. The molecule has 0 spiro atoms. The fraction of sp³-hybridized carbons (Fsp3) is 0.0833. The lowest BCUT2D eigenvalue weighted by Crippen LogP contribution is -2.09. The van der Waals surface area contributed by atoms with Crippen molar-refractivity contribution in [3.8, 4) is 22.6 Å². The summed E-state index contributed by atoms with van der Waals surface area (Å²) in [5.74, 6) is 0.454. The van der Waals surface area contributed by atoms with E-state index in [0.717, 1.165) is 28.2 Å². The van der Waals surface area contributed by atoms with Gasteiger partial charge in [0, 0.05) is 5.56 Å². The Morgan fingerprint density at radius 1 is 0.909 bits per heavy atom. The number of benzene rings is 3. The minimum Gasteiger partial charge on any atom is -0.487 e. The molecule has 0 N–H and O–H groups in total. The van der Waals surface area contributed by atoms with Crippen molar-refractivity contribution < 1.29 is 22.7 Å². The number of nitrogens with zero attached hydrogens (tertiary/aromatic N) is 2. The number of hydrogen-bond acceptors (Lipinski definition) is 3. The zero-order chi connectivity index (χ0) is 23.6. The third kappa shape index (κ3) is 5.05. The van der Waals surface area contributed by atoms with Crippen LogP contribution in [0.5, 0.6) is 5.75 Å². The molecular formula is C24H15Cl2F3N2O2. The van der Waals surface area contributed by atoms with Crippen molar-refractivity contribution in [3.05, 3.63) is 99.8 Å². The number of carbonyl (C=O) groups excluding carboxylic acids is 1. The predicted molar refractivity (Wildman–Crippen MR) is 120 cm³/mol. The van der Waals surface area contributed by atoms with Crippen molar-refractivity contribution in [3.63, 3.8) is 0 Å². The van der Waals surface area contributed by atoms with Gasteiger partial charge in [0.15, 0.2) is 5.69 Å². The highest BCUT2D eigenvalue weighted by atomic mass is 35.5. The standard InChI is InChI=1S/C24H15Cl2F3N2O2/c25-20-2-1-3-21(26)23(20)31-18(12-22(30-31)24(27,28)29)14-33-19-10-8-17(9-11-19)16-6-4-15(13-32)5-7-16/h1-13H,14H2. The SMILES string of the molecule is O=Cc1ccc(-c2ccc(OCc3cc(C(F)(F)F)nn3-c3c(Cl)cccc3Cl)cc2)cc1. The Bertz CT molecular complexity index is 1260. The van der Waals surface area contributed by atoms with E-state index in [0.29, 0.717) is 11.3 Å². The summed E-state index contributed by atoms with van der Waals surface area (Å²) in [5, 5.41) is 3.99. The monoisotopic (exact) mass is 490 g/mol. The zero-order valence-electron chi connectivity index (χ0n) is 16.8. The zero-order valence-corrected chi connectivity index (χ0v) is 18.3. The first kappa shape index (κ1) is 22.9. The number of ether oxygens (including phenoxy) is 1. The number of hydrogen-bond donors (Lipinski definition) is 0. The maximum atomic E-state index is 13.3. The van der Waals surface area contributed by atoms with Gasteiger partial charge in [-0.1, -0.05) is 65.7 Å². The largest absolute Gasteiger partial charge is 0.487 e. The molecule has 0 bridgehead atoms. The lowest BCUT2D eigenvalue weighted by Gasteiger charge is -2.12. The molecule has 3 aromatic carbocycles. The molecule has 0 saturated heterocycles. The predicted octanol–water partition coefficient (Wildman–Crippen LogP) is 7.26. The highest BCUT2D eigenvalue weighted by Gasteiger charge is 2.35. The minimum absolute atomic E-state index is 0.130. The Hall–Kier alpha value is -3.29. The fourth-order valence-corrected chi connectivity index (χ4v) is 3.76. The van der Waals surface area contributed by atoms with Crippen LogP contribution in [0.15, 0.2) is 72.8 Å². The molecule has 168 valence electrons. The van der Waals surface area contributed by atoms with Crippen LogP contribution in [0.25, 0.3) is 16.8 Å². The normalized spacial score (nSPS) is 11.4. The second-order valence-electron chi connectivity index (χ2n) is 7.05. The number of carbonyl (C=O) groups is 1. The molecule has 0 fully saturated rings. The quantitative estimate of drug-likeness (QED) is 0.267. The van der Waals surface area contributed by atoms with E-state index >= 15 is 0 Å². The first-order valence-corrected chi connectivity index (χ1v) is 10.4. The van der Waals surface area contributed by atoms with E-state index in [4.69, 9.17) is 27.9 Å². The maximum absolute atomic E-state index is 13.3. The molecule has 33 heavy (non-hydrogen) atoms. The van der Waals surface area contributed by atoms with Crippen molar-refractivity contribution in [2.24, 2.45) is 0 Å². The summed E-state index contributed by atoms with van der Waals surface area (Å²) < 4.78 is 46.7. The first-order chi connectivity index (χ1) is 15.8. The van der Waals surface area contributed by atoms with E-state index < -0.39 is 11.9 Å². The molecule has 0 aliphatic carbocycles. The van der Waals surface area contributed by atoms with Crippen LogP contribution in [0.3, 0.4) is 0 Å². The van der Waals surface area contributed by atoms with Gasteiger partial charge in [-0.2, -0.15) is 18.3 Å². The lowest BCUT2D eigenvalue weighted by atomic mass is 10.0. The average molecular weight is 491 g/mol. The number of aromatic nitrogens is 2. The molecule has 0 radical (unpaired) electrons. The molecule has 0 aliphatic heterocycles. The average Bonchev–Trinajstić information content (AvgIpc) is 3.22. The summed E-state index contributed by atoms with van der Waals surface area (Å²) in [7, 11) is 0. The topological polar surface area (TPSA) is 44.1 Å². The smallest absolute Gasteiger partial charge is 0.435 e. The van der Waals surface area contributed by atoms with Crippen LogP contribution >= 0.6 is 23.2 Å². The Kier molecular flexibility index (Phi) is 6.44. The van der Waals surface area contributed by atoms with Gasteiger partial charge in [0.1, 0.15) is 24.3 Å². The van der Waals surface area contributed by atoms with E-state index in [1.807, 2.05) is 24.3 Å². The van der Waals surface area contributed by atoms with E-state index in [9.17, 15) is 18.0 Å². The van der Waals surface area contributed by atoms with E-state index in [1.54, 1.807) is 30.3 Å². The van der Waals surface area contributed by atoms with Gasteiger partial charge in [0.25, 0.3) is 0 Å². The van der Waals surface area contributed by atoms with Crippen molar-refractivity contribution in [1.82, 2.24) is 9.78 Å².